The molecule has 8 aromatic rings. The lowest BCUT2D eigenvalue weighted by Crippen LogP contribution is -2.55. The number of para-hydroxylation sites is 3. The molecule has 6 aromatic carbocycles. The lowest BCUT2D eigenvalue weighted by Gasteiger charge is -2.61. The van der Waals surface area contributed by atoms with E-state index in [0.29, 0.717) is 0 Å². The first-order valence-corrected chi connectivity index (χ1v) is 17.9. The second-order valence-electron chi connectivity index (χ2n) is 15.2. The smallest absolute Gasteiger partial charge is 0.220 e. The molecule has 0 N–H and O–H groups in total. The topological polar surface area (TPSA) is 22.8 Å². The van der Waals surface area contributed by atoms with E-state index in [1.165, 1.54) is 75.8 Å². The summed E-state index contributed by atoms with van der Waals surface area (Å²) in [7, 11) is 0. The monoisotopic (exact) mass is 617 g/mol. The quantitative estimate of drug-likeness (QED) is 0.189. The van der Waals surface area contributed by atoms with E-state index >= 15 is 0 Å². The van der Waals surface area contributed by atoms with Crippen molar-refractivity contribution in [2.45, 2.75) is 37.5 Å². The van der Waals surface area contributed by atoms with E-state index in [2.05, 4.69) is 137 Å². The minimum Gasteiger partial charge on any atom is -0.278 e. The number of hydrogen-bond acceptors (Lipinski definition) is 1. The Kier molecular flexibility index (Phi) is 4.88. The van der Waals surface area contributed by atoms with Crippen LogP contribution in [0.4, 0.5) is 0 Å². The van der Waals surface area contributed by atoms with Gasteiger partial charge < -0.3 is 0 Å². The van der Waals surface area contributed by atoms with Crippen molar-refractivity contribution in [2.24, 2.45) is 23.7 Å². The highest BCUT2D eigenvalue weighted by Gasteiger charge is 2.61. The lowest BCUT2D eigenvalue weighted by atomic mass is 9.43. The summed E-state index contributed by atoms with van der Waals surface area (Å²) in [5.41, 5.74) is 12.0. The third kappa shape index (κ3) is 3.09. The molecule has 230 valence electrons. The first-order valence-electron chi connectivity index (χ1n) is 17.9. The fraction of sp³-hybridized carbons (Fsp3) is 0.222. The van der Waals surface area contributed by atoms with Gasteiger partial charge in [-0.25, -0.2) is 4.98 Å². The van der Waals surface area contributed by atoms with Gasteiger partial charge in [-0.1, -0.05) is 91.0 Å². The molecule has 5 aliphatic rings. The third-order valence-electron chi connectivity index (χ3n) is 13.1. The second-order valence-corrected chi connectivity index (χ2v) is 15.2. The molecular formula is C45H35N3. The molecule has 3 nitrogen and oxygen atoms in total. The van der Waals surface area contributed by atoms with Gasteiger partial charge in [-0.15, -0.1) is 0 Å². The minimum atomic E-state index is 0.108. The van der Waals surface area contributed by atoms with Crippen LogP contribution in [0.5, 0.6) is 0 Å². The Bertz CT molecular complexity index is 2610. The molecule has 48 heavy (non-hydrogen) atoms. The Morgan fingerprint density at radius 1 is 0.521 bits per heavy atom. The van der Waals surface area contributed by atoms with Gasteiger partial charge in [-0.2, -0.15) is 0 Å². The average Bonchev–Trinajstić information content (AvgIpc) is 3.76. The predicted octanol–water partition coefficient (Wildman–Crippen LogP) is 11.0. The molecule has 2 heterocycles. The molecule has 0 saturated heterocycles. The molecule has 0 atom stereocenters. The maximum atomic E-state index is 5.47. The predicted molar refractivity (Wildman–Crippen MR) is 196 cm³/mol. The van der Waals surface area contributed by atoms with Crippen molar-refractivity contribution in [2.75, 3.05) is 0 Å². The second kappa shape index (κ2) is 9.05. The number of nitrogens with zero attached hydrogens (tertiary/aromatic N) is 3. The Labute approximate surface area is 279 Å². The zero-order valence-electron chi connectivity index (χ0n) is 26.8. The Balaban J connectivity index is 1.26. The van der Waals surface area contributed by atoms with Crippen LogP contribution in [0.25, 0.3) is 66.4 Å². The number of imidazole rings is 1. The van der Waals surface area contributed by atoms with Gasteiger partial charge in [0.1, 0.15) is 0 Å². The summed E-state index contributed by atoms with van der Waals surface area (Å²) in [6.07, 6.45) is 7.01. The van der Waals surface area contributed by atoms with Crippen LogP contribution in [0.3, 0.4) is 0 Å². The number of aromatic nitrogens is 3. The molecule has 4 saturated carbocycles. The summed E-state index contributed by atoms with van der Waals surface area (Å²) < 4.78 is 4.89. The highest BCUT2D eigenvalue weighted by molar-refractivity contribution is 6.19. The van der Waals surface area contributed by atoms with Crippen molar-refractivity contribution in [3.8, 4) is 22.8 Å². The van der Waals surface area contributed by atoms with Gasteiger partial charge in [0.2, 0.25) is 5.95 Å². The van der Waals surface area contributed by atoms with Crippen LogP contribution in [0.2, 0.25) is 0 Å². The summed E-state index contributed by atoms with van der Waals surface area (Å²) in [5.74, 6) is 4.24. The van der Waals surface area contributed by atoms with E-state index in [-0.39, 0.29) is 5.41 Å². The van der Waals surface area contributed by atoms with Crippen molar-refractivity contribution < 1.29 is 0 Å². The fourth-order valence-corrected chi connectivity index (χ4v) is 11.6. The zero-order valence-corrected chi connectivity index (χ0v) is 26.8. The summed E-state index contributed by atoms with van der Waals surface area (Å²) >= 11 is 0. The third-order valence-corrected chi connectivity index (χ3v) is 13.1. The molecule has 0 radical (unpaired) electrons. The van der Waals surface area contributed by atoms with E-state index in [1.807, 2.05) is 0 Å². The van der Waals surface area contributed by atoms with Gasteiger partial charge in [-0.3, -0.25) is 9.13 Å². The standard InChI is InChI=1S/C45H35N3/c1-2-11-32(12-3-1)47-41-17-9-8-16-40(41)46-44(47)48-42-26-39-36(25-37(42)35-19-18-29-10-4-5-13-33(29)43(35)48)34-14-6-7-15-38(34)45(39)30-21-27-20-28(23-30)24-31(45)22-27/h1-19,25-28,30-31H,20-24H2. The highest BCUT2D eigenvalue weighted by atomic mass is 15.2. The Morgan fingerprint density at radius 3 is 2.10 bits per heavy atom. The average molecular weight is 618 g/mol. The fourth-order valence-electron chi connectivity index (χ4n) is 11.6. The molecule has 0 amide bonds. The Morgan fingerprint density at radius 2 is 1.25 bits per heavy atom. The van der Waals surface area contributed by atoms with Crippen LogP contribution in [0.1, 0.15) is 43.2 Å². The molecule has 5 aliphatic carbocycles. The molecule has 4 bridgehead atoms. The van der Waals surface area contributed by atoms with E-state index in [0.717, 1.165) is 46.3 Å². The van der Waals surface area contributed by atoms with Crippen molar-refractivity contribution >= 4 is 43.6 Å². The van der Waals surface area contributed by atoms with Crippen molar-refractivity contribution in [1.29, 1.82) is 0 Å². The lowest BCUT2D eigenvalue weighted by molar-refractivity contribution is -0.0399. The maximum absolute atomic E-state index is 5.47. The molecule has 13 rings (SSSR count). The van der Waals surface area contributed by atoms with Crippen LogP contribution in [-0.4, -0.2) is 14.1 Å². The van der Waals surface area contributed by atoms with Gasteiger partial charge in [0, 0.05) is 27.3 Å². The van der Waals surface area contributed by atoms with Gasteiger partial charge in [0.05, 0.1) is 22.1 Å². The normalized spacial score (nSPS) is 25.2. The summed E-state index contributed by atoms with van der Waals surface area (Å²) in [6, 6.07) is 47.7. The first kappa shape index (κ1) is 25.9. The van der Waals surface area contributed by atoms with Gasteiger partial charge in [0.15, 0.2) is 0 Å². The molecule has 1 spiro atoms. The minimum absolute atomic E-state index is 0.108. The van der Waals surface area contributed by atoms with Crippen molar-refractivity contribution in [1.82, 2.24) is 14.1 Å². The van der Waals surface area contributed by atoms with E-state index in [1.54, 1.807) is 11.1 Å². The highest BCUT2D eigenvalue weighted by Crippen LogP contribution is 2.69. The Hall–Kier alpha value is -5.15. The molecular weight excluding hydrogens is 583 g/mol. The van der Waals surface area contributed by atoms with Crippen LogP contribution < -0.4 is 0 Å². The largest absolute Gasteiger partial charge is 0.278 e. The summed E-state index contributed by atoms with van der Waals surface area (Å²) in [4.78, 5) is 5.47. The van der Waals surface area contributed by atoms with Crippen LogP contribution in [0.15, 0.2) is 127 Å². The molecule has 2 aromatic heterocycles. The number of rotatable bonds is 2. The number of hydrogen-bond donors (Lipinski definition) is 0. The first-order chi connectivity index (χ1) is 23.8. The molecule has 0 aliphatic heterocycles. The number of benzene rings is 6. The van der Waals surface area contributed by atoms with Crippen molar-refractivity contribution in [3.05, 3.63) is 139 Å². The van der Waals surface area contributed by atoms with E-state index < -0.39 is 0 Å². The van der Waals surface area contributed by atoms with Crippen LogP contribution >= 0.6 is 0 Å². The number of fused-ring (bicyclic) bond motifs is 9. The molecule has 3 heteroatoms. The van der Waals surface area contributed by atoms with Gasteiger partial charge in [-0.05, 0) is 120 Å². The van der Waals surface area contributed by atoms with Crippen LogP contribution in [-0.2, 0) is 5.41 Å². The van der Waals surface area contributed by atoms with Crippen LogP contribution in [0, 0.1) is 23.7 Å². The molecule has 0 unspecified atom stereocenters. The summed E-state index contributed by atoms with van der Waals surface area (Å²) in [6.45, 7) is 0. The van der Waals surface area contributed by atoms with E-state index in [9.17, 15) is 0 Å². The SMILES string of the molecule is c1ccc(-n2c(-n3c4cc5c(cc4c4ccc6ccccc6c43)-c3ccccc3C53C4CC5CC(C4)CC3C5)nc3ccccc32)cc1. The van der Waals surface area contributed by atoms with Gasteiger partial charge in [0.25, 0.3) is 0 Å². The van der Waals surface area contributed by atoms with E-state index in [4.69, 9.17) is 4.98 Å². The summed E-state index contributed by atoms with van der Waals surface area (Å²) in [5, 5.41) is 5.13. The maximum Gasteiger partial charge on any atom is 0.220 e. The van der Waals surface area contributed by atoms with Gasteiger partial charge >= 0.3 is 0 Å². The zero-order chi connectivity index (χ0) is 31.1. The molecule has 4 fully saturated rings. The van der Waals surface area contributed by atoms with Crippen molar-refractivity contribution in [3.63, 3.8) is 0 Å².